The Labute approximate surface area is 119 Å². The van der Waals surface area contributed by atoms with Crippen LogP contribution < -0.4 is 5.32 Å². The second kappa shape index (κ2) is 7.06. The van der Waals surface area contributed by atoms with Crippen molar-refractivity contribution in [3.63, 3.8) is 0 Å². The van der Waals surface area contributed by atoms with E-state index in [0.29, 0.717) is 18.8 Å². The summed E-state index contributed by atoms with van der Waals surface area (Å²) in [5.41, 5.74) is 0. The summed E-state index contributed by atoms with van der Waals surface area (Å²) < 4.78 is 24.7. The largest absolute Gasteiger partial charge is 0.480 e. The molecule has 0 radical (unpaired) electrons. The molecule has 1 amide bonds. The molecule has 0 aromatic rings. The number of hydrogen-bond donors (Lipinski definition) is 2. The lowest BCUT2D eigenvalue weighted by Crippen LogP contribution is -2.46. The third-order valence-electron chi connectivity index (χ3n) is 3.89. The third kappa shape index (κ3) is 4.77. The average Bonchev–Trinajstić information content (AvgIpc) is 2.37. The molecule has 0 aromatic carbocycles. The normalized spacial score (nSPS) is 24.9. The van der Waals surface area contributed by atoms with Crippen molar-refractivity contribution in [3.05, 3.63) is 0 Å². The standard InChI is InChI=1S/C13H23NO5S/c1-3-10-5-4-6-11(7-10)20(18,19)8-12(13(16)17)14-9(2)15/h10-12H,3-8H2,1-2H3,(H,14,15)(H,16,17)/t10?,11?,12-/m0/s1. The Morgan fingerprint density at radius 2 is 2.00 bits per heavy atom. The van der Waals surface area contributed by atoms with Crippen molar-refractivity contribution in [2.75, 3.05) is 5.75 Å². The third-order valence-corrected chi connectivity index (χ3v) is 6.14. The maximum Gasteiger partial charge on any atom is 0.327 e. The Morgan fingerprint density at radius 1 is 1.35 bits per heavy atom. The molecule has 0 spiro atoms. The van der Waals surface area contributed by atoms with E-state index in [1.54, 1.807) is 0 Å². The Kier molecular flexibility index (Phi) is 5.98. The zero-order valence-electron chi connectivity index (χ0n) is 12.0. The topological polar surface area (TPSA) is 101 Å². The van der Waals surface area contributed by atoms with Crippen LogP contribution in [0, 0.1) is 5.92 Å². The fourth-order valence-electron chi connectivity index (χ4n) is 2.73. The van der Waals surface area contributed by atoms with Gasteiger partial charge in [0.2, 0.25) is 5.91 Å². The van der Waals surface area contributed by atoms with Crippen molar-refractivity contribution in [1.29, 1.82) is 0 Å². The van der Waals surface area contributed by atoms with Gasteiger partial charge in [-0.2, -0.15) is 0 Å². The molecule has 0 aliphatic heterocycles. The SMILES string of the molecule is CCC1CCCC(S(=O)(=O)C[C@H](NC(C)=O)C(=O)O)C1. The molecule has 7 heteroatoms. The van der Waals surface area contributed by atoms with Crippen molar-refractivity contribution in [2.45, 2.75) is 57.2 Å². The van der Waals surface area contributed by atoms with Gasteiger partial charge < -0.3 is 10.4 Å². The van der Waals surface area contributed by atoms with Crippen molar-refractivity contribution >= 4 is 21.7 Å². The predicted octanol–water partition coefficient (Wildman–Crippen LogP) is 0.959. The van der Waals surface area contributed by atoms with Crippen LogP contribution in [0.3, 0.4) is 0 Å². The molecule has 2 N–H and O–H groups in total. The van der Waals surface area contributed by atoms with Gasteiger partial charge in [-0.3, -0.25) is 4.79 Å². The van der Waals surface area contributed by atoms with Gasteiger partial charge >= 0.3 is 5.97 Å². The van der Waals surface area contributed by atoms with E-state index in [1.165, 1.54) is 6.92 Å². The van der Waals surface area contributed by atoms with Gasteiger partial charge in [0, 0.05) is 6.92 Å². The van der Waals surface area contributed by atoms with Crippen LogP contribution in [-0.4, -0.2) is 42.4 Å². The van der Waals surface area contributed by atoms with E-state index in [4.69, 9.17) is 5.11 Å². The quantitative estimate of drug-likeness (QED) is 0.761. The molecule has 0 saturated heterocycles. The minimum Gasteiger partial charge on any atom is -0.480 e. The molecule has 20 heavy (non-hydrogen) atoms. The van der Waals surface area contributed by atoms with Crippen molar-refractivity contribution in [1.82, 2.24) is 5.32 Å². The summed E-state index contributed by atoms with van der Waals surface area (Å²) in [6.07, 6.45) is 4.04. The Balaban J connectivity index is 2.76. The first-order valence-electron chi connectivity index (χ1n) is 6.97. The molecular weight excluding hydrogens is 282 g/mol. The number of amides is 1. The molecule has 6 nitrogen and oxygen atoms in total. The number of rotatable bonds is 6. The summed E-state index contributed by atoms with van der Waals surface area (Å²) in [5.74, 6) is -1.98. The van der Waals surface area contributed by atoms with Gasteiger partial charge in [-0.05, 0) is 18.8 Å². The second-order valence-corrected chi connectivity index (χ2v) is 7.81. The molecule has 0 heterocycles. The Hall–Kier alpha value is -1.11. The summed E-state index contributed by atoms with van der Waals surface area (Å²) in [4.78, 5) is 22.0. The highest BCUT2D eigenvalue weighted by atomic mass is 32.2. The predicted molar refractivity (Wildman–Crippen MR) is 75.1 cm³/mol. The van der Waals surface area contributed by atoms with Crippen LogP contribution in [-0.2, 0) is 19.4 Å². The molecular formula is C13H23NO5S. The minimum absolute atomic E-state index is 0.396. The van der Waals surface area contributed by atoms with Crippen LogP contribution in [0.15, 0.2) is 0 Å². The van der Waals surface area contributed by atoms with Crippen LogP contribution >= 0.6 is 0 Å². The van der Waals surface area contributed by atoms with E-state index in [0.717, 1.165) is 19.3 Å². The Bertz CT molecular complexity index is 459. The van der Waals surface area contributed by atoms with E-state index in [2.05, 4.69) is 5.32 Å². The first-order chi connectivity index (χ1) is 9.26. The van der Waals surface area contributed by atoms with Gasteiger partial charge in [-0.25, -0.2) is 13.2 Å². The van der Waals surface area contributed by atoms with E-state index in [-0.39, 0.29) is 0 Å². The fourth-order valence-corrected chi connectivity index (χ4v) is 4.78. The van der Waals surface area contributed by atoms with Crippen molar-refractivity contribution < 1.29 is 23.1 Å². The summed E-state index contributed by atoms with van der Waals surface area (Å²) in [7, 11) is -3.51. The number of carbonyl (C=O) groups excluding carboxylic acids is 1. The molecule has 0 bridgehead atoms. The van der Waals surface area contributed by atoms with E-state index < -0.39 is 38.8 Å². The van der Waals surface area contributed by atoms with Crippen LogP contribution in [0.1, 0.15) is 46.0 Å². The van der Waals surface area contributed by atoms with Crippen LogP contribution in [0.2, 0.25) is 0 Å². The molecule has 1 aliphatic carbocycles. The molecule has 1 aliphatic rings. The van der Waals surface area contributed by atoms with Crippen LogP contribution in [0.5, 0.6) is 0 Å². The Morgan fingerprint density at radius 3 is 2.50 bits per heavy atom. The lowest BCUT2D eigenvalue weighted by molar-refractivity contribution is -0.140. The second-order valence-electron chi connectivity index (χ2n) is 5.48. The molecule has 0 aromatic heterocycles. The average molecular weight is 305 g/mol. The first-order valence-corrected chi connectivity index (χ1v) is 8.69. The smallest absolute Gasteiger partial charge is 0.327 e. The maximum absolute atomic E-state index is 12.3. The summed E-state index contributed by atoms with van der Waals surface area (Å²) in [5, 5.41) is 10.7. The number of hydrogen-bond acceptors (Lipinski definition) is 4. The number of carboxylic acids is 1. The monoisotopic (exact) mass is 305 g/mol. The maximum atomic E-state index is 12.3. The lowest BCUT2D eigenvalue weighted by atomic mass is 9.87. The van der Waals surface area contributed by atoms with Gasteiger partial charge in [0.25, 0.3) is 0 Å². The lowest BCUT2D eigenvalue weighted by Gasteiger charge is -2.29. The van der Waals surface area contributed by atoms with Gasteiger partial charge in [-0.1, -0.05) is 26.2 Å². The van der Waals surface area contributed by atoms with Gasteiger partial charge in [0.05, 0.1) is 11.0 Å². The van der Waals surface area contributed by atoms with Gasteiger partial charge in [0.15, 0.2) is 9.84 Å². The zero-order chi connectivity index (χ0) is 15.3. The minimum atomic E-state index is -3.51. The molecule has 1 fully saturated rings. The number of carboxylic acid groups (broad SMARTS) is 1. The number of sulfone groups is 1. The molecule has 3 atom stereocenters. The molecule has 116 valence electrons. The highest BCUT2D eigenvalue weighted by Gasteiger charge is 2.35. The zero-order valence-corrected chi connectivity index (χ0v) is 12.8. The molecule has 2 unspecified atom stereocenters. The number of carbonyl (C=O) groups is 2. The van der Waals surface area contributed by atoms with E-state index >= 15 is 0 Å². The summed E-state index contributed by atoms with van der Waals surface area (Å²) >= 11 is 0. The van der Waals surface area contributed by atoms with Crippen molar-refractivity contribution in [2.24, 2.45) is 5.92 Å². The number of aliphatic carboxylic acids is 1. The van der Waals surface area contributed by atoms with Crippen molar-refractivity contribution in [3.8, 4) is 0 Å². The first kappa shape index (κ1) is 16.9. The van der Waals surface area contributed by atoms with E-state index in [1.807, 2.05) is 6.92 Å². The van der Waals surface area contributed by atoms with Gasteiger partial charge in [-0.15, -0.1) is 0 Å². The summed E-state index contributed by atoms with van der Waals surface area (Å²) in [6.45, 7) is 3.22. The highest BCUT2D eigenvalue weighted by molar-refractivity contribution is 7.92. The molecule has 1 saturated carbocycles. The fraction of sp³-hybridized carbons (Fsp3) is 0.846. The summed E-state index contributed by atoms with van der Waals surface area (Å²) in [6, 6.07) is -1.36. The van der Waals surface area contributed by atoms with Gasteiger partial charge in [0.1, 0.15) is 6.04 Å². The number of nitrogens with one attached hydrogen (secondary N) is 1. The highest BCUT2D eigenvalue weighted by Crippen LogP contribution is 2.31. The van der Waals surface area contributed by atoms with E-state index in [9.17, 15) is 18.0 Å². The molecule has 1 rings (SSSR count). The van der Waals surface area contributed by atoms with Crippen LogP contribution in [0.4, 0.5) is 0 Å². The van der Waals surface area contributed by atoms with Crippen LogP contribution in [0.25, 0.3) is 0 Å².